The molecule has 1 aromatic rings. The first-order valence-electron chi connectivity index (χ1n) is 5.82. The average Bonchev–Trinajstić information content (AvgIpc) is 2.39. The Labute approximate surface area is 102 Å². The van der Waals surface area contributed by atoms with Crippen molar-refractivity contribution in [2.45, 2.75) is 32.7 Å². The van der Waals surface area contributed by atoms with Crippen LogP contribution in [0.25, 0.3) is 0 Å². The van der Waals surface area contributed by atoms with Crippen LogP contribution in [0.4, 0.5) is 0 Å². The minimum absolute atomic E-state index is 0.0180. The van der Waals surface area contributed by atoms with Crippen molar-refractivity contribution in [2.24, 2.45) is 5.92 Å². The van der Waals surface area contributed by atoms with E-state index in [-0.39, 0.29) is 11.8 Å². The first-order chi connectivity index (χ1) is 8.26. The molecule has 0 saturated carbocycles. The summed E-state index contributed by atoms with van der Waals surface area (Å²) in [5.41, 5.74) is 0.841. The molecule has 4 nitrogen and oxygen atoms in total. The van der Waals surface area contributed by atoms with Crippen molar-refractivity contribution in [1.82, 2.24) is 10.3 Å². The van der Waals surface area contributed by atoms with Gasteiger partial charge in [-0.05, 0) is 25.0 Å². The van der Waals surface area contributed by atoms with Crippen LogP contribution in [0.15, 0.2) is 24.4 Å². The maximum atomic E-state index is 11.5. The lowest BCUT2D eigenvalue weighted by Gasteiger charge is -2.06. The van der Waals surface area contributed by atoms with E-state index in [2.05, 4.69) is 16.4 Å². The number of hydrogen-bond acceptors (Lipinski definition) is 3. The molecule has 0 aromatic carbocycles. The van der Waals surface area contributed by atoms with Crippen LogP contribution in [-0.4, -0.2) is 10.9 Å². The van der Waals surface area contributed by atoms with Gasteiger partial charge in [0.1, 0.15) is 0 Å². The van der Waals surface area contributed by atoms with E-state index in [0.29, 0.717) is 19.4 Å². The molecule has 0 radical (unpaired) electrons. The second-order valence-electron chi connectivity index (χ2n) is 3.87. The molecule has 0 spiro atoms. The molecule has 0 aliphatic carbocycles. The SMILES string of the molecule is CCC(C#N)CCC(=O)NCc1ccccn1. The molecule has 0 saturated heterocycles. The highest BCUT2D eigenvalue weighted by Crippen LogP contribution is 2.08. The van der Waals surface area contributed by atoms with Gasteiger partial charge in [-0.2, -0.15) is 5.26 Å². The van der Waals surface area contributed by atoms with Crippen LogP contribution in [0, 0.1) is 17.2 Å². The Morgan fingerprint density at radius 1 is 1.59 bits per heavy atom. The van der Waals surface area contributed by atoms with Gasteiger partial charge in [0.25, 0.3) is 0 Å². The minimum Gasteiger partial charge on any atom is -0.350 e. The number of amides is 1. The second-order valence-corrected chi connectivity index (χ2v) is 3.87. The lowest BCUT2D eigenvalue weighted by molar-refractivity contribution is -0.121. The third kappa shape index (κ3) is 5.12. The van der Waals surface area contributed by atoms with Crippen molar-refractivity contribution in [3.05, 3.63) is 30.1 Å². The largest absolute Gasteiger partial charge is 0.350 e. The van der Waals surface area contributed by atoms with Gasteiger partial charge in [0.15, 0.2) is 0 Å². The Balaban J connectivity index is 2.25. The number of carbonyl (C=O) groups is 1. The summed E-state index contributed by atoms with van der Waals surface area (Å²) in [6.07, 6.45) is 3.52. The van der Waals surface area contributed by atoms with Gasteiger partial charge in [-0.3, -0.25) is 9.78 Å². The van der Waals surface area contributed by atoms with Crippen molar-refractivity contribution < 1.29 is 4.79 Å². The van der Waals surface area contributed by atoms with Gasteiger partial charge in [0, 0.05) is 18.5 Å². The summed E-state index contributed by atoms with van der Waals surface area (Å²) in [4.78, 5) is 15.6. The highest BCUT2D eigenvalue weighted by molar-refractivity contribution is 5.75. The van der Waals surface area contributed by atoms with Crippen molar-refractivity contribution in [1.29, 1.82) is 5.26 Å². The predicted molar refractivity (Wildman–Crippen MR) is 64.7 cm³/mol. The number of nitrogens with zero attached hydrogens (tertiary/aromatic N) is 2. The third-order valence-electron chi connectivity index (χ3n) is 2.59. The van der Waals surface area contributed by atoms with Gasteiger partial charge in [-0.25, -0.2) is 0 Å². The molecule has 1 aromatic heterocycles. The third-order valence-corrected chi connectivity index (χ3v) is 2.59. The monoisotopic (exact) mass is 231 g/mol. The lowest BCUT2D eigenvalue weighted by Crippen LogP contribution is -2.23. The van der Waals surface area contributed by atoms with Crippen LogP contribution in [0.2, 0.25) is 0 Å². The van der Waals surface area contributed by atoms with E-state index in [1.807, 2.05) is 25.1 Å². The fourth-order valence-electron chi connectivity index (χ4n) is 1.45. The maximum Gasteiger partial charge on any atom is 0.220 e. The van der Waals surface area contributed by atoms with E-state index in [4.69, 9.17) is 5.26 Å². The van der Waals surface area contributed by atoms with E-state index < -0.39 is 0 Å². The molecule has 0 fully saturated rings. The van der Waals surface area contributed by atoms with E-state index in [0.717, 1.165) is 12.1 Å². The average molecular weight is 231 g/mol. The molecule has 1 rings (SSSR count). The zero-order valence-corrected chi connectivity index (χ0v) is 10.0. The van der Waals surface area contributed by atoms with E-state index in [1.54, 1.807) is 6.20 Å². The highest BCUT2D eigenvalue weighted by atomic mass is 16.1. The number of hydrogen-bond donors (Lipinski definition) is 1. The van der Waals surface area contributed by atoms with Gasteiger partial charge < -0.3 is 5.32 Å². The lowest BCUT2D eigenvalue weighted by atomic mass is 10.0. The summed E-state index contributed by atoms with van der Waals surface area (Å²) in [5, 5.41) is 11.5. The number of nitriles is 1. The fourth-order valence-corrected chi connectivity index (χ4v) is 1.45. The molecule has 90 valence electrons. The van der Waals surface area contributed by atoms with Crippen molar-refractivity contribution in [3.8, 4) is 6.07 Å². The molecular formula is C13H17N3O. The van der Waals surface area contributed by atoms with Gasteiger partial charge in [0.05, 0.1) is 18.3 Å². The molecular weight excluding hydrogens is 214 g/mol. The smallest absolute Gasteiger partial charge is 0.220 e. The summed E-state index contributed by atoms with van der Waals surface area (Å²) in [6, 6.07) is 7.78. The van der Waals surface area contributed by atoms with Crippen LogP contribution in [0.5, 0.6) is 0 Å². The van der Waals surface area contributed by atoms with Crippen LogP contribution in [0.1, 0.15) is 31.9 Å². The summed E-state index contributed by atoms with van der Waals surface area (Å²) < 4.78 is 0. The Morgan fingerprint density at radius 2 is 2.41 bits per heavy atom. The van der Waals surface area contributed by atoms with Crippen molar-refractivity contribution in [3.63, 3.8) is 0 Å². The van der Waals surface area contributed by atoms with Gasteiger partial charge in [-0.15, -0.1) is 0 Å². The Hall–Kier alpha value is -1.89. The minimum atomic E-state index is -0.0237. The predicted octanol–water partition coefficient (Wildman–Crippen LogP) is 2.03. The second kappa shape index (κ2) is 7.39. The number of nitrogens with one attached hydrogen (secondary N) is 1. The molecule has 0 aliphatic heterocycles. The standard InChI is InChI=1S/C13H17N3O/c1-2-11(9-14)6-7-13(17)16-10-12-5-3-4-8-15-12/h3-5,8,11H,2,6-7,10H2,1H3,(H,16,17). The summed E-state index contributed by atoms with van der Waals surface area (Å²) in [7, 11) is 0. The Kier molecular flexibility index (Phi) is 5.73. The van der Waals surface area contributed by atoms with E-state index >= 15 is 0 Å². The number of carbonyl (C=O) groups excluding carboxylic acids is 1. The van der Waals surface area contributed by atoms with Gasteiger partial charge in [0.2, 0.25) is 5.91 Å². The molecule has 0 bridgehead atoms. The molecule has 4 heteroatoms. The normalized spacial score (nSPS) is 11.5. The van der Waals surface area contributed by atoms with Gasteiger partial charge in [-0.1, -0.05) is 13.0 Å². The molecule has 0 aliphatic rings. The molecule has 1 heterocycles. The van der Waals surface area contributed by atoms with E-state index in [9.17, 15) is 4.79 Å². The molecule has 1 amide bonds. The first-order valence-corrected chi connectivity index (χ1v) is 5.82. The number of aromatic nitrogens is 1. The van der Waals surface area contributed by atoms with E-state index in [1.165, 1.54) is 0 Å². The quantitative estimate of drug-likeness (QED) is 0.814. The number of rotatable bonds is 6. The highest BCUT2D eigenvalue weighted by Gasteiger charge is 2.08. The summed E-state index contributed by atoms with van der Waals surface area (Å²) >= 11 is 0. The van der Waals surface area contributed by atoms with Crippen LogP contribution in [0.3, 0.4) is 0 Å². The zero-order valence-electron chi connectivity index (χ0n) is 10.0. The molecule has 1 N–H and O–H groups in total. The summed E-state index contributed by atoms with van der Waals surface area (Å²) in [5.74, 6) is -0.0417. The van der Waals surface area contributed by atoms with Crippen LogP contribution >= 0.6 is 0 Å². The van der Waals surface area contributed by atoms with Crippen molar-refractivity contribution >= 4 is 5.91 Å². The molecule has 1 atom stereocenters. The number of pyridine rings is 1. The Morgan fingerprint density at radius 3 is 3.00 bits per heavy atom. The van der Waals surface area contributed by atoms with Crippen LogP contribution in [-0.2, 0) is 11.3 Å². The fraction of sp³-hybridized carbons (Fsp3) is 0.462. The zero-order chi connectivity index (χ0) is 12.5. The Bertz CT molecular complexity index is 383. The van der Waals surface area contributed by atoms with Crippen LogP contribution < -0.4 is 5.32 Å². The van der Waals surface area contributed by atoms with Gasteiger partial charge >= 0.3 is 0 Å². The topological polar surface area (TPSA) is 65.8 Å². The maximum absolute atomic E-state index is 11.5. The van der Waals surface area contributed by atoms with Crippen molar-refractivity contribution in [2.75, 3.05) is 0 Å². The molecule has 1 unspecified atom stereocenters. The first kappa shape index (κ1) is 13.2. The molecule has 17 heavy (non-hydrogen) atoms. The summed E-state index contributed by atoms with van der Waals surface area (Å²) in [6.45, 7) is 2.41.